The Morgan fingerprint density at radius 3 is 2.59 bits per heavy atom. The highest BCUT2D eigenvalue weighted by molar-refractivity contribution is 14.0. The average Bonchev–Trinajstić information content (AvgIpc) is 3.13. The molecule has 1 unspecified atom stereocenters. The summed E-state index contributed by atoms with van der Waals surface area (Å²) in [6.45, 7) is 9.52. The Balaban J connectivity index is 0.00000676. The van der Waals surface area contributed by atoms with E-state index in [9.17, 15) is 9.90 Å². The van der Waals surface area contributed by atoms with E-state index in [0.717, 1.165) is 43.2 Å². The second kappa shape index (κ2) is 16.1. The van der Waals surface area contributed by atoms with E-state index >= 15 is 0 Å². The molecule has 1 heterocycles. The summed E-state index contributed by atoms with van der Waals surface area (Å²) in [5, 5.41) is 20.6. The second-order valence-corrected chi connectivity index (χ2v) is 7.69. The van der Waals surface area contributed by atoms with Crippen molar-refractivity contribution in [2.75, 3.05) is 32.8 Å². The quantitative estimate of drug-likeness (QED) is 0.151. The molecule has 0 aliphatic heterocycles. The lowest BCUT2D eigenvalue weighted by molar-refractivity contribution is 0.0957. The zero-order valence-corrected chi connectivity index (χ0v) is 19.8. The van der Waals surface area contributed by atoms with Gasteiger partial charge in [-0.2, -0.15) is 0 Å². The van der Waals surface area contributed by atoms with Crippen LogP contribution in [0.5, 0.6) is 0 Å². The third-order valence-corrected chi connectivity index (χ3v) is 4.74. The summed E-state index contributed by atoms with van der Waals surface area (Å²) in [5.74, 6) is 1.79. The zero-order valence-electron chi connectivity index (χ0n) is 16.7. The lowest BCUT2D eigenvalue weighted by Gasteiger charge is -2.17. The Bertz CT molecular complexity index is 524. The number of carbonyl (C=O) groups excluding carboxylic acids is 1. The minimum absolute atomic E-state index is 0. The van der Waals surface area contributed by atoms with Gasteiger partial charge in [-0.15, -0.1) is 35.3 Å². The number of amides is 1. The zero-order chi connectivity index (χ0) is 19.2. The largest absolute Gasteiger partial charge is 0.396 e. The van der Waals surface area contributed by atoms with Crippen LogP contribution in [0.3, 0.4) is 0 Å². The molecule has 0 spiro atoms. The number of nitrogens with zero attached hydrogens (tertiary/aromatic N) is 1. The van der Waals surface area contributed by atoms with E-state index in [-0.39, 0.29) is 36.5 Å². The summed E-state index contributed by atoms with van der Waals surface area (Å²) in [5.41, 5.74) is 0. The number of hydrogen-bond donors (Lipinski definition) is 4. The van der Waals surface area contributed by atoms with Crippen molar-refractivity contribution in [2.24, 2.45) is 16.8 Å². The smallest absolute Gasteiger partial charge is 0.261 e. The lowest BCUT2D eigenvalue weighted by Crippen LogP contribution is -2.39. The predicted octanol–water partition coefficient (Wildman–Crippen LogP) is 3.09. The van der Waals surface area contributed by atoms with Crippen LogP contribution in [-0.4, -0.2) is 49.8 Å². The van der Waals surface area contributed by atoms with E-state index in [0.29, 0.717) is 24.9 Å². The van der Waals surface area contributed by atoms with E-state index in [1.54, 1.807) is 0 Å². The third kappa shape index (κ3) is 12.2. The molecule has 0 aliphatic rings. The number of nitrogens with one attached hydrogen (secondary N) is 3. The molecule has 1 aromatic rings. The molecule has 0 bridgehead atoms. The van der Waals surface area contributed by atoms with Crippen LogP contribution in [0.4, 0.5) is 0 Å². The summed E-state index contributed by atoms with van der Waals surface area (Å²) in [4.78, 5) is 17.3. The van der Waals surface area contributed by atoms with E-state index in [4.69, 9.17) is 0 Å². The van der Waals surface area contributed by atoms with Gasteiger partial charge in [-0.25, -0.2) is 0 Å². The Labute approximate surface area is 184 Å². The average molecular weight is 510 g/mol. The number of aliphatic imine (C=N–C) groups is 1. The first-order valence-electron chi connectivity index (χ1n) is 9.51. The first-order valence-corrected chi connectivity index (χ1v) is 10.4. The standard InChI is InChI=1S/C19H34N4O2S.HI/c1-4-20-19(23-14-16(8-11-24)13-15(2)3)22-10-6-9-21-18(25)17-7-5-12-26-17;/h5,7,12,15-16,24H,4,6,8-11,13-14H2,1-3H3,(H,21,25)(H2,20,22,23);1H. The molecule has 0 aromatic carbocycles. The molecule has 1 atom stereocenters. The Morgan fingerprint density at radius 1 is 1.26 bits per heavy atom. The first-order chi connectivity index (χ1) is 12.6. The maximum Gasteiger partial charge on any atom is 0.261 e. The van der Waals surface area contributed by atoms with Crippen LogP contribution in [0.2, 0.25) is 0 Å². The first kappa shape index (κ1) is 26.1. The van der Waals surface area contributed by atoms with E-state index in [2.05, 4.69) is 34.8 Å². The lowest BCUT2D eigenvalue weighted by atomic mass is 9.94. The minimum atomic E-state index is -0.0129. The van der Waals surface area contributed by atoms with E-state index < -0.39 is 0 Å². The minimum Gasteiger partial charge on any atom is -0.396 e. The molecule has 0 aliphatic carbocycles. The molecule has 1 aromatic heterocycles. The third-order valence-electron chi connectivity index (χ3n) is 3.87. The molecule has 0 saturated carbocycles. The molecule has 156 valence electrons. The SMILES string of the molecule is CCNC(=NCC(CCO)CC(C)C)NCCCNC(=O)c1cccs1.I. The van der Waals surface area contributed by atoms with Gasteiger partial charge in [0.25, 0.3) is 5.91 Å². The van der Waals surface area contributed by atoms with Crippen LogP contribution < -0.4 is 16.0 Å². The molecule has 0 radical (unpaired) electrons. The number of rotatable bonds is 12. The molecule has 4 N–H and O–H groups in total. The molecular weight excluding hydrogens is 475 g/mol. The van der Waals surface area contributed by atoms with Gasteiger partial charge in [-0.1, -0.05) is 19.9 Å². The summed E-state index contributed by atoms with van der Waals surface area (Å²) >= 11 is 1.45. The highest BCUT2D eigenvalue weighted by atomic mass is 127. The van der Waals surface area contributed by atoms with Crippen molar-refractivity contribution in [3.05, 3.63) is 22.4 Å². The van der Waals surface area contributed by atoms with Crippen molar-refractivity contribution < 1.29 is 9.90 Å². The summed E-state index contributed by atoms with van der Waals surface area (Å²) in [6, 6.07) is 3.71. The number of guanidine groups is 1. The fourth-order valence-electron chi connectivity index (χ4n) is 2.69. The fraction of sp³-hybridized carbons (Fsp3) is 0.684. The predicted molar refractivity (Wildman–Crippen MR) is 125 cm³/mol. The highest BCUT2D eigenvalue weighted by Gasteiger charge is 2.10. The molecular formula is C19H35IN4O2S. The van der Waals surface area contributed by atoms with Gasteiger partial charge in [0.05, 0.1) is 4.88 Å². The molecule has 0 saturated heterocycles. The fourth-order valence-corrected chi connectivity index (χ4v) is 3.33. The summed E-state index contributed by atoms with van der Waals surface area (Å²) in [7, 11) is 0. The van der Waals surface area contributed by atoms with E-state index in [1.165, 1.54) is 11.3 Å². The Hall–Kier alpha value is -0.870. The Morgan fingerprint density at radius 2 is 2.00 bits per heavy atom. The van der Waals surface area contributed by atoms with Gasteiger partial charge in [-0.05, 0) is 49.5 Å². The van der Waals surface area contributed by atoms with Crippen molar-refractivity contribution in [2.45, 2.75) is 40.0 Å². The van der Waals surface area contributed by atoms with Crippen LogP contribution in [0.25, 0.3) is 0 Å². The van der Waals surface area contributed by atoms with Gasteiger partial charge in [-0.3, -0.25) is 9.79 Å². The number of halogens is 1. The van der Waals surface area contributed by atoms with Gasteiger partial charge in [0.15, 0.2) is 5.96 Å². The monoisotopic (exact) mass is 510 g/mol. The van der Waals surface area contributed by atoms with Crippen LogP contribution in [-0.2, 0) is 0 Å². The van der Waals surface area contributed by atoms with Crippen molar-refractivity contribution in [1.29, 1.82) is 0 Å². The summed E-state index contributed by atoms with van der Waals surface area (Å²) in [6.07, 6.45) is 2.68. The molecule has 1 rings (SSSR count). The van der Waals surface area contributed by atoms with Gasteiger partial charge in [0.2, 0.25) is 0 Å². The van der Waals surface area contributed by atoms with Crippen molar-refractivity contribution in [3.63, 3.8) is 0 Å². The maximum absolute atomic E-state index is 11.9. The molecule has 1 amide bonds. The van der Waals surface area contributed by atoms with Gasteiger partial charge in [0, 0.05) is 32.8 Å². The number of carbonyl (C=O) groups is 1. The maximum atomic E-state index is 11.9. The number of hydrogen-bond acceptors (Lipinski definition) is 4. The number of thiophene rings is 1. The highest BCUT2D eigenvalue weighted by Crippen LogP contribution is 2.15. The number of aliphatic hydroxyl groups is 1. The van der Waals surface area contributed by atoms with Gasteiger partial charge in [0.1, 0.15) is 0 Å². The van der Waals surface area contributed by atoms with Gasteiger partial charge >= 0.3 is 0 Å². The number of aliphatic hydroxyl groups excluding tert-OH is 1. The van der Waals surface area contributed by atoms with Crippen LogP contribution in [0.1, 0.15) is 49.7 Å². The topological polar surface area (TPSA) is 85.8 Å². The van der Waals surface area contributed by atoms with Crippen molar-refractivity contribution >= 4 is 47.2 Å². The van der Waals surface area contributed by atoms with Crippen LogP contribution >= 0.6 is 35.3 Å². The molecule has 27 heavy (non-hydrogen) atoms. The van der Waals surface area contributed by atoms with Crippen molar-refractivity contribution in [3.8, 4) is 0 Å². The second-order valence-electron chi connectivity index (χ2n) is 6.74. The van der Waals surface area contributed by atoms with Gasteiger partial charge < -0.3 is 21.1 Å². The van der Waals surface area contributed by atoms with Crippen LogP contribution in [0.15, 0.2) is 22.5 Å². The van der Waals surface area contributed by atoms with Crippen molar-refractivity contribution in [1.82, 2.24) is 16.0 Å². The van der Waals surface area contributed by atoms with Crippen LogP contribution in [0, 0.1) is 11.8 Å². The molecule has 0 fully saturated rings. The Kier molecular flexibility index (Phi) is 15.6. The summed E-state index contributed by atoms with van der Waals surface area (Å²) < 4.78 is 0. The van der Waals surface area contributed by atoms with E-state index in [1.807, 2.05) is 24.4 Å². The molecule has 8 heteroatoms. The normalized spacial score (nSPS) is 12.4. The molecule has 6 nitrogen and oxygen atoms in total.